The largest absolute Gasteiger partial charge is 0.493 e. The van der Waals surface area contributed by atoms with Crippen molar-refractivity contribution >= 4 is 18.0 Å². The van der Waals surface area contributed by atoms with Crippen LogP contribution in [0.3, 0.4) is 0 Å². The van der Waals surface area contributed by atoms with Crippen molar-refractivity contribution in [3.8, 4) is 11.5 Å². The highest BCUT2D eigenvalue weighted by atomic mass is 16.5. The molecule has 6 nitrogen and oxygen atoms in total. The Morgan fingerprint density at radius 3 is 2.23 bits per heavy atom. The lowest BCUT2D eigenvalue weighted by Crippen LogP contribution is -2.03. The third-order valence-corrected chi connectivity index (χ3v) is 3.58. The molecule has 2 aromatic rings. The molecule has 0 heterocycles. The van der Waals surface area contributed by atoms with Crippen LogP contribution >= 0.6 is 0 Å². The van der Waals surface area contributed by atoms with Gasteiger partial charge in [-0.1, -0.05) is 18.2 Å². The summed E-state index contributed by atoms with van der Waals surface area (Å²) in [4.78, 5) is 23.2. The van der Waals surface area contributed by atoms with Crippen molar-refractivity contribution in [2.45, 2.75) is 6.61 Å². The third kappa shape index (κ3) is 5.11. The molecule has 0 atom stereocenters. The number of methoxy groups -OCH3 is 3. The molecule has 0 unspecified atom stereocenters. The first-order valence-electron chi connectivity index (χ1n) is 7.81. The van der Waals surface area contributed by atoms with Crippen LogP contribution in [0.25, 0.3) is 6.08 Å². The summed E-state index contributed by atoms with van der Waals surface area (Å²) in [7, 11) is 4.43. The zero-order chi connectivity index (χ0) is 18.9. The van der Waals surface area contributed by atoms with E-state index in [2.05, 4.69) is 4.74 Å². The molecule has 0 spiro atoms. The molecule has 0 aliphatic carbocycles. The number of carbonyl (C=O) groups is 2. The van der Waals surface area contributed by atoms with Crippen LogP contribution in [0, 0.1) is 0 Å². The molecule has 0 saturated heterocycles. The van der Waals surface area contributed by atoms with Crippen LogP contribution in [0.1, 0.15) is 21.5 Å². The van der Waals surface area contributed by atoms with E-state index in [9.17, 15) is 9.59 Å². The fourth-order valence-corrected chi connectivity index (χ4v) is 2.18. The van der Waals surface area contributed by atoms with Gasteiger partial charge < -0.3 is 18.9 Å². The molecule has 6 heteroatoms. The smallest absolute Gasteiger partial charge is 0.337 e. The molecule has 0 aliphatic rings. The molecule has 136 valence electrons. The van der Waals surface area contributed by atoms with Crippen molar-refractivity contribution in [3.63, 3.8) is 0 Å². The van der Waals surface area contributed by atoms with Crippen molar-refractivity contribution in [1.82, 2.24) is 0 Å². The second kappa shape index (κ2) is 9.27. The highest BCUT2D eigenvalue weighted by Crippen LogP contribution is 2.27. The van der Waals surface area contributed by atoms with Gasteiger partial charge in [-0.3, -0.25) is 0 Å². The predicted octanol–water partition coefficient (Wildman–Crippen LogP) is 3.25. The average Bonchev–Trinajstić information content (AvgIpc) is 2.70. The molecule has 0 amide bonds. The standard InChI is InChI=1S/C20H20O6/c1-23-17-10-6-14(12-18(17)24-2)7-11-19(21)26-13-15-4-8-16(9-5-15)20(22)25-3/h4-12H,13H2,1-3H3/b11-7+. The van der Waals surface area contributed by atoms with Gasteiger partial charge in [-0.05, 0) is 41.5 Å². The quantitative estimate of drug-likeness (QED) is 0.560. The summed E-state index contributed by atoms with van der Waals surface area (Å²) in [6.45, 7) is 0.108. The molecule has 0 aliphatic heterocycles. The molecule has 0 N–H and O–H groups in total. The van der Waals surface area contributed by atoms with E-state index in [1.807, 2.05) is 0 Å². The van der Waals surface area contributed by atoms with Gasteiger partial charge >= 0.3 is 11.9 Å². The zero-order valence-electron chi connectivity index (χ0n) is 14.9. The van der Waals surface area contributed by atoms with Gasteiger partial charge in [0.15, 0.2) is 11.5 Å². The Balaban J connectivity index is 1.92. The second-order valence-corrected chi connectivity index (χ2v) is 5.24. The Morgan fingerprint density at radius 1 is 0.923 bits per heavy atom. The predicted molar refractivity (Wildman–Crippen MR) is 96.2 cm³/mol. The molecule has 0 saturated carbocycles. The minimum absolute atomic E-state index is 0.108. The van der Waals surface area contributed by atoms with Crippen LogP contribution in [0.2, 0.25) is 0 Å². The van der Waals surface area contributed by atoms with Crippen molar-refractivity contribution in [2.24, 2.45) is 0 Å². The monoisotopic (exact) mass is 356 g/mol. The molecule has 0 bridgehead atoms. The first-order chi connectivity index (χ1) is 12.6. The summed E-state index contributed by atoms with van der Waals surface area (Å²) in [6, 6.07) is 12.0. The van der Waals surface area contributed by atoms with Crippen LogP contribution in [0.15, 0.2) is 48.5 Å². The number of rotatable bonds is 7. The SMILES string of the molecule is COC(=O)c1ccc(COC(=O)/C=C/c2ccc(OC)c(OC)c2)cc1. The Hall–Kier alpha value is -3.28. The molecule has 2 rings (SSSR count). The van der Waals surface area contributed by atoms with Gasteiger partial charge in [0.1, 0.15) is 6.61 Å². The second-order valence-electron chi connectivity index (χ2n) is 5.24. The number of hydrogen-bond donors (Lipinski definition) is 0. The summed E-state index contributed by atoms with van der Waals surface area (Å²) in [6.07, 6.45) is 2.97. The molecule has 0 fully saturated rings. The summed E-state index contributed by atoms with van der Waals surface area (Å²) in [5.41, 5.74) is 1.99. The first-order valence-corrected chi connectivity index (χ1v) is 7.81. The van der Waals surface area contributed by atoms with E-state index < -0.39 is 11.9 Å². The Kier molecular flexibility index (Phi) is 6.79. The number of carbonyl (C=O) groups excluding carboxylic acids is 2. The van der Waals surface area contributed by atoms with E-state index >= 15 is 0 Å². The maximum absolute atomic E-state index is 11.8. The van der Waals surface area contributed by atoms with Crippen LogP contribution in [0.5, 0.6) is 11.5 Å². The Morgan fingerprint density at radius 2 is 1.62 bits per heavy atom. The molecular formula is C20H20O6. The fraction of sp³-hybridized carbons (Fsp3) is 0.200. The molecule has 0 radical (unpaired) electrons. The maximum atomic E-state index is 11.8. The van der Waals surface area contributed by atoms with Crippen LogP contribution in [-0.2, 0) is 20.9 Å². The molecule has 2 aromatic carbocycles. The van der Waals surface area contributed by atoms with Crippen LogP contribution in [-0.4, -0.2) is 33.3 Å². The number of benzene rings is 2. The minimum Gasteiger partial charge on any atom is -0.493 e. The van der Waals surface area contributed by atoms with Crippen LogP contribution < -0.4 is 9.47 Å². The highest BCUT2D eigenvalue weighted by molar-refractivity contribution is 5.89. The lowest BCUT2D eigenvalue weighted by Gasteiger charge is -2.07. The van der Waals surface area contributed by atoms with Gasteiger partial charge in [0.2, 0.25) is 0 Å². The molecule has 0 aromatic heterocycles. The van der Waals surface area contributed by atoms with E-state index in [1.54, 1.807) is 62.8 Å². The van der Waals surface area contributed by atoms with Gasteiger partial charge in [0.25, 0.3) is 0 Å². The van der Waals surface area contributed by atoms with Crippen molar-refractivity contribution in [2.75, 3.05) is 21.3 Å². The van der Waals surface area contributed by atoms with Crippen molar-refractivity contribution < 1.29 is 28.5 Å². The van der Waals surface area contributed by atoms with Gasteiger partial charge in [-0.2, -0.15) is 0 Å². The Bertz CT molecular complexity index is 792. The summed E-state index contributed by atoms with van der Waals surface area (Å²) in [5, 5.41) is 0. The van der Waals surface area contributed by atoms with E-state index in [1.165, 1.54) is 13.2 Å². The van der Waals surface area contributed by atoms with Gasteiger partial charge in [-0.25, -0.2) is 9.59 Å². The van der Waals surface area contributed by atoms with E-state index in [4.69, 9.17) is 14.2 Å². The van der Waals surface area contributed by atoms with Crippen molar-refractivity contribution in [3.05, 3.63) is 65.2 Å². The van der Waals surface area contributed by atoms with E-state index in [-0.39, 0.29) is 6.61 Å². The zero-order valence-corrected chi connectivity index (χ0v) is 14.9. The van der Waals surface area contributed by atoms with E-state index in [0.29, 0.717) is 17.1 Å². The van der Waals surface area contributed by atoms with Gasteiger partial charge in [0, 0.05) is 6.08 Å². The summed E-state index contributed by atoms with van der Waals surface area (Å²) in [5.74, 6) is 0.305. The summed E-state index contributed by atoms with van der Waals surface area (Å²) < 4.78 is 20.2. The normalized spacial score (nSPS) is 10.4. The lowest BCUT2D eigenvalue weighted by atomic mass is 10.1. The Labute approximate surface area is 151 Å². The van der Waals surface area contributed by atoms with Crippen LogP contribution in [0.4, 0.5) is 0 Å². The number of hydrogen-bond acceptors (Lipinski definition) is 6. The number of ether oxygens (including phenoxy) is 4. The van der Waals surface area contributed by atoms with Gasteiger partial charge in [-0.15, -0.1) is 0 Å². The first kappa shape index (κ1) is 19.1. The minimum atomic E-state index is -0.475. The highest BCUT2D eigenvalue weighted by Gasteiger charge is 2.06. The van der Waals surface area contributed by atoms with Gasteiger partial charge in [0.05, 0.1) is 26.9 Å². The molecular weight excluding hydrogens is 336 g/mol. The fourth-order valence-electron chi connectivity index (χ4n) is 2.18. The lowest BCUT2D eigenvalue weighted by molar-refractivity contribution is -0.138. The number of esters is 2. The topological polar surface area (TPSA) is 71.1 Å². The van der Waals surface area contributed by atoms with Crippen molar-refractivity contribution in [1.29, 1.82) is 0 Å². The molecule has 26 heavy (non-hydrogen) atoms. The maximum Gasteiger partial charge on any atom is 0.337 e. The summed E-state index contributed by atoms with van der Waals surface area (Å²) >= 11 is 0. The third-order valence-electron chi connectivity index (χ3n) is 3.58. The average molecular weight is 356 g/mol. The van der Waals surface area contributed by atoms with E-state index in [0.717, 1.165) is 11.1 Å².